The topological polar surface area (TPSA) is 117 Å². The average Bonchev–Trinajstić information content (AvgIpc) is 2.49. The zero-order chi connectivity index (χ0) is 15.8. The predicted molar refractivity (Wildman–Crippen MR) is 73.4 cm³/mol. The number of amides is 2. The van der Waals surface area contributed by atoms with Crippen molar-refractivity contribution in [3.63, 3.8) is 0 Å². The van der Waals surface area contributed by atoms with Crippen LogP contribution in [0.25, 0.3) is 0 Å². The highest BCUT2D eigenvalue weighted by atomic mass is 16.5. The number of aliphatic hydroxyl groups is 1. The van der Waals surface area contributed by atoms with Crippen molar-refractivity contribution in [3.8, 4) is 11.5 Å². The first-order valence-corrected chi connectivity index (χ1v) is 6.10. The van der Waals surface area contributed by atoms with E-state index < -0.39 is 24.6 Å². The Bertz CT molecular complexity index is 505. The summed E-state index contributed by atoms with van der Waals surface area (Å²) in [5, 5.41) is 22.1. The Balaban J connectivity index is 2.59. The van der Waals surface area contributed by atoms with Gasteiger partial charge in [-0.15, -0.1) is 0 Å². The van der Waals surface area contributed by atoms with E-state index in [1.807, 2.05) is 0 Å². The van der Waals surface area contributed by atoms with E-state index in [4.69, 9.17) is 19.7 Å². The number of aliphatic carboxylic acids is 1. The van der Waals surface area contributed by atoms with Crippen LogP contribution in [0.15, 0.2) is 18.2 Å². The van der Waals surface area contributed by atoms with Crippen molar-refractivity contribution in [2.24, 2.45) is 0 Å². The van der Waals surface area contributed by atoms with Crippen molar-refractivity contribution in [2.45, 2.75) is 12.6 Å². The van der Waals surface area contributed by atoms with Crippen LogP contribution in [0.2, 0.25) is 0 Å². The number of hydrogen-bond acceptors (Lipinski definition) is 5. The molecule has 116 valence electrons. The Hall–Kier alpha value is -2.48. The van der Waals surface area contributed by atoms with Crippen LogP contribution >= 0.6 is 0 Å². The molecule has 8 nitrogen and oxygen atoms in total. The highest BCUT2D eigenvalue weighted by Crippen LogP contribution is 2.27. The second-order valence-electron chi connectivity index (χ2n) is 4.09. The van der Waals surface area contributed by atoms with Crippen molar-refractivity contribution in [1.82, 2.24) is 10.6 Å². The fraction of sp³-hybridized carbons (Fsp3) is 0.385. The molecule has 1 atom stereocenters. The molecular formula is C13H18N2O6. The maximum Gasteiger partial charge on any atom is 0.328 e. The van der Waals surface area contributed by atoms with E-state index in [0.717, 1.165) is 5.56 Å². The molecule has 0 unspecified atom stereocenters. The van der Waals surface area contributed by atoms with Gasteiger partial charge in [0.15, 0.2) is 17.5 Å². The van der Waals surface area contributed by atoms with Gasteiger partial charge in [-0.1, -0.05) is 6.07 Å². The summed E-state index contributed by atoms with van der Waals surface area (Å²) in [6, 6.07) is 3.10. The van der Waals surface area contributed by atoms with Gasteiger partial charge in [0.25, 0.3) is 0 Å². The number of carboxylic acids is 1. The summed E-state index contributed by atoms with van der Waals surface area (Å²) in [6.45, 7) is -0.511. The Morgan fingerprint density at radius 2 is 1.90 bits per heavy atom. The first kappa shape index (κ1) is 16.6. The second-order valence-corrected chi connectivity index (χ2v) is 4.09. The highest BCUT2D eigenvalue weighted by molar-refractivity contribution is 5.82. The van der Waals surface area contributed by atoms with Crippen LogP contribution in [0.1, 0.15) is 5.56 Å². The van der Waals surface area contributed by atoms with Crippen LogP contribution in [-0.2, 0) is 11.3 Å². The van der Waals surface area contributed by atoms with Crippen molar-refractivity contribution in [3.05, 3.63) is 23.8 Å². The lowest BCUT2D eigenvalue weighted by Crippen LogP contribution is -2.47. The lowest BCUT2D eigenvalue weighted by molar-refractivity contribution is -0.140. The maximum absolute atomic E-state index is 11.5. The van der Waals surface area contributed by atoms with E-state index in [2.05, 4.69) is 10.6 Å². The predicted octanol–water partition coefficient (Wildman–Crippen LogP) is -0.0515. The van der Waals surface area contributed by atoms with E-state index in [1.165, 1.54) is 14.2 Å². The van der Waals surface area contributed by atoms with Crippen LogP contribution in [0.5, 0.6) is 11.5 Å². The number of carboxylic acid groups (broad SMARTS) is 1. The number of nitrogens with one attached hydrogen (secondary N) is 2. The number of urea groups is 1. The molecule has 8 heteroatoms. The van der Waals surface area contributed by atoms with Gasteiger partial charge >= 0.3 is 12.0 Å². The van der Waals surface area contributed by atoms with E-state index in [1.54, 1.807) is 18.2 Å². The molecule has 0 radical (unpaired) electrons. The van der Waals surface area contributed by atoms with Crippen molar-refractivity contribution < 1.29 is 29.3 Å². The number of methoxy groups -OCH3 is 2. The van der Waals surface area contributed by atoms with Gasteiger partial charge in [-0.05, 0) is 17.7 Å². The number of benzene rings is 1. The fourth-order valence-corrected chi connectivity index (χ4v) is 1.57. The number of carbonyl (C=O) groups is 2. The maximum atomic E-state index is 11.5. The first-order valence-electron chi connectivity index (χ1n) is 6.10. The summed E-state index contributed by atoms with van der Waals surface area (Å²) < 4.78 is 10.2. The third-order valence-corrected chi connectivity index (χ3v) is 2.69. The third kappa shape index (κ3) is 4.84. The van der Waals surface area contributed by atoms with Gasteiger partial charge in [0.1, 0.15) is 0 Å². The number of ether oxygens (including phenoxy) is 2. The normalized spacial score (nSPS) is 11.4. The zero-order valence-corrected chi connectivity index (χ0v) is 11.8. The molecule has 0 bridgehead atoms. The van der Waals surface area contributed by atoms with Gasteiger partial charge < -0.3 is 30.3 Å². The number of rotatable bonds is 7. The molecule has 0 aliphatic rings. The second kappa shape index (κ2) is 7.95. The van der Waals surface area contributed by atoms with Crippen LogP contribution in [0.3, 0.4) is 0 Å². The van der Waals surface area contributed by atoms with Gasteiger partial charge in [-0.2, -0.15) is 0 Å². The average molecular weight is 298 g/mol. The van der Waals surface area contributed by atoms with Gasteiger partial charge in [-0.3, -0.25) is 0 Å². The van der Waals surface area contributed by atoms with Gasteiger partial charge in [0.05, 0.1) is 20.8 Å². The lowest BCUT2D eigenvalue weighted by Gasteiger charge is -2.13. The van der Waals surface area contributed by atoms with E-state index in [0.29, 0.717) is 11.5 Å². The number of hydrogen-bond donors (Lipinski definition) is 4. The zero-order valence-electron chi connectivity index (χ0n) is 11.8. The minimum atomic E-state index is -1.34. The number of carbonyl (C=O) groups excluding carboxylic acids is 1. The molecule has 21 heavy (non-hydrogen) atoms. The molecule has 4 N–H and O–H groups in total. The van der Waals surface area contributed by atoms with Crippen LogP contribution in [0, 0.1) is 0 Å². The smallest absolute Gasteiger partial charge is 0.328 e. The van der Waals surface area contributed by atoms with Crippen LogP contribution in [-0.4, -0.2) is 49.1 Å². The van der Waals surface area contributed by atoms with Crippen molar-refractivity contribution in [1.29, 1.82) is 0 Å². The van der Waals surface area contributed by atoms with Crippen LogP contribution < -0.4 is 20.1 Å². The summed E-state index contributed by atoms with van der Waals surface area (Å²) in [5.74, 6) is -0.216. The van der Waals surface area contributed by atoms with Crippen LogP contribution in [0.4, 0.5) is 4.79 Å². The molecule has 0 aliphatic heterocycles. The largest absolute Gasteiger partial charge is 0.493 e. The minimum absolute atomic E-state index is 0.171. The number of aliphatic hydroxyl groups excluding tert-OH is 1. The molecule has 0 aromatic heterocycles. The summed E-state index contributed by atoms with van der Waals surface area (Å²) >= 11 is 0. The molecular weight excluding hydrogens is 280 g/mol. The molecule has 0 fully saturated rings. The lowest BCUT2D eigenvalue weighted by atomic mass is 10.2. The monoisotopic (exact) mass is 298 g/mol. The Morgan fingerprint density at radius 3 is 2.43 bits per heavy atom. The minimum Gasteiger partial charge on any atom is -0.493 e. The summed E-state index contributed by atoms with van der Waals surface area (Å²) in [5.41, 5.74) is 0.749. The quantitative estimate of drug-likeness (QED) is 0.560. The Morgan fingerprint density at radius 1 is 1.24 bits per heavy atom. The Labute approximate surface area is 121 Å². The molecule has 1 aromatic rings. The van der Waals surface area contributed by atoms with E-state index >= 15 is 0 Å². The summed E-state index contributed by atoms with van der Waals surface area (Å²) in [7, 11) is 3.02. The van der Waals surface area contributed by atoms with E-state index in [-0.39, 0.29) is 6.54 Å². The summed E-state index contributed by atoms with van der Waals surface area (Å²) in [6.07, 6.45) is 0. The molecule has 0 heterocycles. The van der Waals surface area contributed by atoms with Gasteiger partial charge in [-0.25, -0.2) is 9.59 Å². The highest BCUT2D eigenvalue weighted by Gasteiger charge is 2.18. The van der Waals surface area contributed by atoms with Gasteiger partial charge in [0, 0.05) is 6.54 Å². The molecule has 0 spiro atoms. The van der Waals surface area contributed by atoms with Gasteiger partial charge in [0.2, 0.25) is 0 Å². The standard InChI is InChI=1S/C13H18N2O6/c1-20-10-4-3-8(5-11(10)21-2)6-14-13(19)15-9(7-16)12(17)18/h3-5,9,16H,6-7H2,1-2H3,(H,17,18)(H2,14,15,19)/t9-/m1/s1. The molecule has 1 aromatic carbocycles. The summed E-state index contributed by atoms with van der Waals surface area (Å²) in [4.78, 5) is 22.2. The Kier molecular flexibility index (Phi) is 6.28. The third-order valence-electron chi connectivity index (χ3n) is 2.69. The molecule has 0 saturated heterocycles. The molecule has 1 rings (SSSR count). The van der Waals surface area contributed by atoms with E-state index in [9.17, 15) is 9.59 Å². The fourth-order valence-electron chi connectivity index (χ4n) is 1.57. The molecule has 2 amide bonds. The van der Waals surface area contributed by atoms with Crippen molar-refractivity contribution >= 4 is 12.0 Å². The first-order chi connectivity index (χ1) is 10.0. The molecule has 0 aliphatic carbocycles. The molecule has 0 saturated carbocycles. The van der Waals surface area contributed by atoms with Crippen molar-refractivity contribution in [2.75, 3.05) is 20.8 Å². The SMILES string of the molecule is COc1ccc(CNC(=O)N[C@H](CO)C(=O)O)cc1OC.